The second kappa shape index (κ2) is 22.9. The predicted octanol–water partition coefficient (Wildman–Crippen LogP) is 11.9. The first kappa shape index (κ1) is 52.7. The summed E-state index contributed by atoms with van der Waals surface area (Å²) in [5.74, 6) is 2.66. The van der Waals surface area contributed by atoms with Crippen molar-refractivity contribution in [3.8, 4) is 23.0 Å². The number of aliphatic hydroxyl groups is 4. The first-order valence-electron chi connectivity index (χ1n) is 24.6. The first-order valence-corrected chi connectivity index (χ1v) is 24.6. The lowest BCUT2D eigenvalue weighted by Crippen LogP contribution is -2.22. The van der Waals surface area contributed by atoms with E-state index < -0.39 is 35.2 Å². The van der Waals surface area contributed by atoms with Gasteiger partial charge in [0.2, 0.25) is 0 Å². The molecule has 69 heavy (non-hydrogen) atoms. The molecule has 6 aromatic rings. The van der Waals surface area contributed by atoms with Crippen molar-refractivity contribution in [2.45, 2.75) is 137 Å². The molecule has 0 aliphatic rings. The average molecular weight is 937 g/mol. The molecule has 368 valence electrons. The molecule has 6 atom stereocenters. The number of hydrogen-bond acceptors (Lipinski definition) is 8. The fourth-order valence-electron chi connectivity index (χ4n) is 8.79. The van der Waals surface area contributed by atoms with Crippen molar-refractivity contribution in [2.24, 2.45) is 0 Å². The van der Waals surface area contributed by atoms with Gasteiger partial charge < -0.3 is 39.4 Å². The molecule has 0 aliphatic heterocycles. The molecule has 0 amide bonds. The van der Waals surface area contributed by atoms with E-state index in [2.05, 4.69) is 152 Å². The Hall–Kier alpha value is -5.64. The minimum Gasteiger partial charge on any atom is -0.491 e. The lowest BCUT2D eigenvalue weighted by Gasteiger charge is -2.32. The maximum atomic E-state index is 10.8. The van der Waals surface area contributed by atoms with Crippen LogP contribution in [0.15, 0.2) is 121 Å². The van der Waals surface area contributed by atoms with Crippen LogP contribution in [-0.4, -0.2) is 71.3 Å². The van der Waals surface area contributed by atoms with Crippen LogP contribution in [0.4, 0.5) is 0 Å². The molecule has 0 radical (unpaired) electrons. The molecule has 0 saturated carbocycles. The average Bonchev–Trinajstić information content (AvgIpc) is 3.31. The van der Waals surface area contributed by atoms with E-state index in [1.165, 1.54) is 11.1 Å². The summed E-state index contributed by atoms with van der Waals surface area (Å²) in [4.78, 5) is 0. The summed E-state index contributed by atoms with van der Waals surface area (Å²) in [6, 6.07) is 42.6. The van der Waals surface area contributed by atoms with Crippen molar-refractivity contribution in [2.75, 3.05) is 26.4 Å². The molecule has 0 aromatic heterocycles. The number of aryl methyl sites for hydroxylation is 2. The normalized spacial score (nSPS) is 14.6. The zero-order valence-electron chi connectivity index (χ0n) is 43.0. The lowest BCUT2D eigenvalue weighted by atomic mass is 9.74. The van der Waals surface area contributed by atoms with E-state index in [4.69, 9.17) is 18.9 Å². The Morgan fingerprint density at radius 2 is 0.696 bits per heavy atom. The quantitative estimate of drug-likeness (QED) is 0.0532. The maximum absolute atomic E-state index is 10.8. The van der Waals surface area contributed by atoms with Gasteiger partial charge in [0.15, 0.2) is 0 Å². The third-order valence-electron chi connectivity index (χ3n) is 13.4. The Labute approximate surface area is 411 Å². The minimum absolute atomic E-state index is 0.0822. The van der Waals surface area contributed by atoms with Crippen molar-refractivity contribution >= 4 is 0 Å². The summed E-state index contributed by atoms with van der Waals surface area (Å²) in [5, 5.41) is 41.3. The minimum atomic E-state index is -0.717. The van der Waals surface area contributed by atoms with E-state index in [1.54, 1.807) is 27.7 Å². The van der Waals surface area contributed by atoms with Crippen LogP contribution in [0.5, 0.6) is 23.0 Å². The van der Waals surface area contributed by atoms with Crippen LogP contribution < -0.4 is 18.9 Å². The highest BCUT2D eigenvalue weighted by atomic mass is 16.5. The van der Waals surface area contributed by atoms with Gasteiger partial charge >= 0.3 is 0 Å². The largest absolute Gasteiger partial charge is 0.491 e. The van der Waals surface area contributed by atoms with Crippen LogP contribution in [0.3, 0.4) is 0 Å². The third-order valence-corrected chi connectivity index (χ3v) is 13.4. The molecule has 0 saturated heterocycles. The standard InChI is InChI=1S/C61H76O8/c1-38-13-17-46(18-14-38)44(7)56-32-52(60(9,10)50-21-25-54(26-22-50)66-34-40(3)62)30-48(58(56)68-36-42(5)64)29-49-31-53(61(11,12)51-23-27-55(28-24-51)67-35-41(4)63)33-57(59(49)69-37-43(6)65)45(8)47-19-15-39(2)16-20-47/h13-28,30-33,40-45,62-65H,29,34-37H2,1-12H3. The van der Waals surface area contributed by atoms with Gasteiger partial charge in [-0.2, -0.15) is 0 Å². The van der Waals surface area contributed by atoms with Crippen LogP contribution in [0.25, 0.3) is 0 Å². The topological polar surface area (TPSA) is 118 Å². The van der Waals surface area contributed by atoms with Crippen molar-refractivity contribution in [3.63, 3.8) is 0 Å². The Bertz CT molecular complexity index is 2390. The predicted molar refractivity (Wildman–Crippen MR) is 279 cm³/mol. The number of benzene rings is 6. The van der Waals surface area contributed by atoms with Gasteiger partial charge in [-0.25, -0.2) is 0 Å². The van der Waals surface area contributed by atoms with E-state index in [1.807, 2.05) is 24.3 Å². The molecule has 8 nitrogen and oxygen atoms in total. The molecule has 0 heterocycles. The molecule has 0 aliphatic carbocycles. The summed E-state index contributed by atoms with van der Waals surface area (Å²) in [7, 11) is 0. The Morgan fingerprint density at radius 1 is 0.391 bits per heavy atom. The van der Waals surface area contributed by atoms with Crippen LogP contribution in [0, 0.1) is 13.8 Å². The fraction of sp³-hybridized carbons (Fsp3) is 0.410. The Balaban J connectivity index is 1.62. The molecule has 0 spiro atoms. The zero-order valence-corrected chi connectivity index (χ0v) is 43.0. The molecule has 6 unspecified atom stereocenters. The third kappa shape index (κ3) is 13.4. The first-order chi connectivity index (χ1) is 32.6. The zero-order chi connectivity index (χ0) is 50.2. The van der Waals surface area contributed by atoms with E-state index in [9.17, 15) is 20.4 Å². The number of aliphatic hydroxyl groups excluding tert-OH is 4. The molecule has 4 N–H and O–H groups in total. The SMILES string of the molecule is Cc1ccc(C(C)c2cc(C(C)(C)c3ccc(OCC(C)O)cc3)cc(Cc3cc(C(C)(C)c4ccc(OCC(C)O)cc4)cc(C(C)c4ccc(C)cc4)c3OCC(C)O)c2OCC(C)O)cc1. The van der Waals surface area contributed by atoms with E-state index >= 15 is 0 Å². The molecule has 6 aromatic carbocycles. The van der Waals surface area contributed by atoms with Gasteiger partial charge in [0.25, 0.3) is 0 Å². The molecular formula is C61H76O8. The van der Waals surface area contributed by atoms with Crippen molar-refractivity contribution in [1.29, 1.82) is 0 Å². The van der Waals surface area contributed by atoms with Gasteiger partial charge in [0.1, 0.15) is 49.4 Å². The maximum Gasteiger partial charge on any atom is 0.126 e. The Morgan fingerprint density at radius 3 is 1.00 bits per heavy atom. The summed E-state index contributed by atoms with van der Waals surface area (Å²) < 4.78 is 25.3. The highest BCUT2D eigenvalue weighted by Crippen LogP contribution is 2.46. The second-order valence-electron chi connectivity index (χ2n) is 20.5. The number of rotatable bonds is 22. The van der Waals surface area contributed by atoms with Gasteiger partial charge in [-0.1, -0.05) is 150 Å². The molecule has 8 heteroatoms. The number of hydrogen-bond donors (Lipinski definition) is 4. The van der Waals surface area contributed by atoms with E-state index in [0.717, 1.165) is 67.1 Å². The fourth-order valence-corrected chi connectivity index (χ4v) is 8.79. The van der Waals surface area contributed by atoms with E-state index in [-0.39, 0.29) is 38.3 Å². The summed E-state index contributed by atoms with van der Waals surface area (Å²) in [5.41, 5.74) is 11.9. The van der Waals surface area contributed by atoms with E-state index in [0.29, 0.717) is 17.9 Å². The van der Waals surface area contributed by atoms with Gasteiger partial charge in [0, 0.05) is 40.2 Å². The second-order valence-corrected chi connectivity index (χ2v) is 20.5. The number of ether oxygens (including phenoxy) is 4. The highest BCUT2D eigenvalue weighted by Gasteiger charge is 2.32. The smallest absolute Gasteiger partial charge is 0.126 e. The monoisotopic (exact) mass is 937 g/mol. The highest BCUT2D eigenvalue weighted by molar-refractivity contribution is 5.59. The van der Waals surface area contributed by atoms with Crippen LogP contribution in [0.2, 0.25) is 0 Å². The summed E-state index contributed by atoms with van der Waals surface area (Å²) >= 11 is 0. The van der Waals surface area contributed by atoms with Crippen LogP contribution >= 0.6 is 0 Å². The van der Waals surface area contributed by atoms with Crippen molar-refractivity contribution in [1.82, 2.24) is 0 Å². The van der Waals surface area contributed by atoms with Crippen molar-refractivity contribution < 1.29 is 39.4 Å². The van der Waals surface area contributed by atoms with Gasteiger partial charge in [0.05, 0.1) is 24.4 Å². The van der Waals surface area contributed by atoms with Crippen LogP contribution in [0.1, 0.15) is 148 Å². The molecular weight excluding hydrogens is 861 g/mol. The summed E-state index contributed by atoms with van der Waals surface area (Å²) in [6.07, 6.45) is -2.18. The molecule has 6 rings (SSSR count). The summed E-state index contributed by atoms with van der Waals surface area (Å²) in [6.45, 7) is 25.1. The van der Waals surface area contributed by atoms with Gasteiger partial charge in [-0.05, 0) is 110 Å². The van der Waals surface area contributed by atoms with Gasteiger partial charge in [-0.15, -0.1) is 0 Å². The van der Waals surface area contributed by atoms with Gasteiger partial charge in [-0.3, -0.25) is 0 Å². The van der Waals surface area contributed by atoms with Crippen molar-refractivity contribution in [3.05, 3.63) is 188 Å². The van der Waals surface area contributed by atoms with Crippen LogP contribution in [-0.2, 0) is 17.3 Å². The molecule has 0 bridgehead atoms. The Kier molecular flexibility index (Phi) is 17.5. The molecule has 0 fully saturated rings. The lowest BCUT2D eigenvalue weighted by molar-refractivity contribution is 0.121.